The number of halogens is 1. The molecule has 88 valence electrons. The van der Waals surface area contributed by atoms with Crippen molar-refractivity contribution in [2.24, 2.45) is 5.84 Å². The van der Waals surface area contributed by atoms with Gasteiger partial charge in [0.05, 0.1) is 0 Å². The van der Waals surface area contributed by atoms with Crippen molar-refractivity contribution in [1.82, 2.24) is 4.98 Å². The summed E-state index contributed by atoms with van der Waals surface area (Å²) in [5.74, 6) is 6.66. The molecule has 0 aliphatic heterocycles. The zero-order valence-electron chi connectivity index (χ0n) is 9.15. The van der Waals surface area contributed by atoms with Crippen LogP contribution in [0.4, 0.5) is 11.6 Å². The fraction of sp³-hybridized carbons (Fsp3) is 0.0833. The van der Waals surface area contributed by atoms with Gasteiger partial charge in [-0.15, -0.1) is 0 Å². The first-order chi connectivity index (χ1) is 8.29. The van der Waals surface area contributed by atoms with Crippen molar-refractivity contribution in [2.75, 3.05) is 10.7 Å². The maximum atomic E-state index is 6.06. The van der Waals surface area contributed by atoms with E-state index in [9.17, 15) is 0 Å². The molecule has 2 rings (SSSR count). The Kier molecular flexibility index (Phi) is 3.80. The number of nitrogen functional groups attached to an aromatic ring is 1. The van der Waals surface area contributed by atoms with Crippen LogP contribution in [0.5, 0.6) is 0 Å². The Bertz CT molecular complexity index is 501. The van der Waals surface area contributed by atoms with Crippen molar-refractivity contribution in [2.45, 2.75) is 6.54 Å². The second kappa shape index (κ2) is 5.52. The smallest absolute Gasteiger partial charge is 0.142 e. The first kappa shape index (κ1) is 11.7. The highest BCUT2D eigenvalue weighted by molar-refractivity contribution is 6.31. The second-order valence-electron chi connectivity index (χ2n) is 3.50. The molecule has 0 spiro atoms. The van der Waals surface area contributed by atoms with Crippen LogP contribution in [-0.2, 0) is 6.54 Å². The van der Waals surface area contributed by atoms with Crippen LogP contribution < -0.4 is 16.6 Å². The van der Waals surface area contributed by atoms with Crippen LogP contribution in [0.15, 0.2) is 42.5 Å². The monoisotopic (exact) mass is 248 g/mol. The number of nitrogens with zero attached hydrogens (tertiary/aromatic N) is 1. The number of hydrazine groups is 1. The summed E-state index contributed by atoms with van der Waals surface area (Å²) in [6.45, 7) is 0.626. The Morgan fingerprint density at radius 3 is 2.59 bits per heavy atom. The predicted molar refractivity (Wildman–Crippen MR) is 70.8 cm³/mol. The van der Waals surface area contributed by atoms with E-state index in [4.69, 9.17) is 17.4 Å². The highest BCUT2D eigenvalue weighted by Gasteiger charge is 2.00. The summed E-state index contributed by atoms with van der Waals surface area (Å²) in [6, 6.07) is 13.2. The van der Waals surface area contributed by atoms with Gasteiger partial charge in [-0.25, -0.2) is 10.8 Å². The van der Waals surface area contributed by atoms with E-state index in [1.165, 1.54) is 0 Å². The molecule has 4 N–H and O–H groups in total. The van der Waals surface area contributed by atoms with Gasteiger partial charge >= 0.3 is 0 Å². The zero-order valence-corrected chi connectivity index (χ0v) is 9.91. The van der Waals surface area contributed by atoms with Crippen molar-refractivity contribution >= 4 is 23.2 Å². The van der Waals surface area contributed by atoms with E-state index in [1.54, 1.807) is 6.07 Å². The molecule has 0 aliphatic rings. The first-order valence-electron chi connectivity index (χ1n) is 5.20. The lowest BCUT2D eigenvalue weighted by Gasteiger charge is -2.08. The van der Waals surface area contributed by atoms with Gasteiger partial charge in [-0.1, -0.05) is 35.9 Å². The van der Waals surface area contributed by atoms with E-state index in [2.05, 4.69) is 15.7 Å². The highest BCUT2D eigenvalue weighted by atomic mass is 35.5. The Morgan fingerprint density at radius 1 is 1.06 bits per heavy atom. The van der Waals surface area contributed by atoms with Gasteiger partial charge in [-0.3, -0.25) is 0 Å². The molecule has 0 unspecified atom stereocenters. The molecule has 4 nitrogen and oxygen atoms in total. The minimum Gasteiger partial charge on any atom is -0.366 e. The number of hydrogen-bond donors (Lipinski definition) is 3. The van der Waals surface area contributed by atoms with Crippen LogP contribution >= 0.6 is 11.6 Å². The quantitative estimate of drug-likeness (QED) is 0.575. The third-order valence-corrected chi connectivity index (χ3v) is 2.68. The molecule has 5 heteroatoms. The van der Waals surface area contributed by atoms with Gasteiger partial charge in [0.25, 0.3) is 0 Å². The molecule has 1 heterocycles. The summed E-state index contributed by atoms with van der Waals surface area (Å²) in [4.78, 5) is 4.25. The third-order valence-electron chi connectivity index (χ3n) is 2.31. The minimum atomic E-state index is 0.620. The van der Waals surface area contributed by atoms with Gasteiger partial charge in [0.15, 0.2) is 0 Å². The number of nitrogens with two attached hydrogens (primary N) is 1. The highest BCUT2D eigenvalue weighted by Crippen LogP contribution is 2.16. The molecule has 0 fully saturated rings. The fourth-order valence-corrected chi connectivity index (χ4v) is 1.64. The van der Waals surface area contributed by atoms with E-state index in [1.807, 2.05) is 36.4 Å². The number of pyridine rings is 1. The lowest BCUT2D eigenvalue weighted by Crippen LogP contribution is -2.09. The molecule has 0 atom stereocenters. The van der Waals surface area contributed by atoms with Crippen LogP contribution in [0.1, 0.15) is 5.56 Å². The number of benzene rings is 1. The van der Waals surface area contributed by atoms with E-state index in [-0.39, 0.29) is 0 Å². The van der Waals surface area contributed by atoms with Crippen LogP contribution in [0.25, 0.3) is 0 Å². The van der Waals surface area contributed by atoms with Crippen LogP contribution in [0.3, 0.4) is 0 Å². The van der Waals surface area contributed by atoms with Crippen LogP contribution in [0, 0.1) is 0 Å². The number of aromatic nitrogens is 1. The molecule has 0 saturated heterocycles. The van der Waals surface area contributed by atoms with Gasteiger partial charge < -0.3 is 10.7 Å². The topological polar surface area (TPSA) is 63.0 Å². The summed E-state index contributed by atoms with van der Waals surface area (Å²) in [5.41, 5.74) is 3.53. The molecular formula is C12H13ClN4. The maximum absolute atomic E-state index is 6.06. The molecule has 2 aromatic rings. The van der Waals surface area contributed by atoms with Gasteiger partial charge in [0, 0.05) is 11.6 Å². The number of rotatable bonds is 4. The molecule has 0 amide bonds. The normalized spacial score (nSPS) is 10.0. The number of nitrogens with one attached hydrogen (secondary N) is 2. The van der Waals surface area contributed by atoms with Crippen molar-refractivity contribution in [3.05, 3.63) is 53.1 Å². The summed E-state index contributed by atoms with van der Waals surface area (Å²) in [7, 11) is 0. The number of anilines is 2. The molecule has 0 saturated carbocycles. The predicted octanol–water partition coefficient (Wildman–Crippen LogP) is 2.63. The van der Waals surface area contributed by atoms with Gasteiger partial charge in [0.1, 0.15) is 11.6 Å². The Morgan fingerprint density at radius 2 is 1.82 bits per heavy atom. The summed E-state index contributed by atoms with van der Waals surface area (Å²) < 4.78 is 0. The lowest BCUT2D eigenvalue weighted by atomic mass is 10.2. The second-order valence-corrected chi connectivity index (χ2v) is 3.90. The van der Waals surface area contributed by atoms with Crippen LogP contribution in [0.2, 0.25) is 5.02 Å². The van der Waals surface area contributed by atoms with Crippen molar-refractivity contribution in [3.8, 4) is 0 Å². The summed E-state index contributed by atoms with van der Waals surface area (Å²) >= 11 is 6.06. The average molecular weight is 249 g/mol. The van der Waals surface area contributed by atoms with Crippen molar-refractivity contribution in [1.29, 1.82) is 0 Å². The standard InChI is InChI=1S/C12H13ClN4/c13-10-5-2-1-4-9(10)8-15-11-6-3-7-12(16-11)17-14/h1-7H,8,14H2,(H2,15,16,17). The SMILES string of the molecule is NNc1cccc(NCc2ccccc2Cl)n1. The van der Waals surface area contributed by atoms with Crippen LogP contribution in [-0.4, -0.2) is 4.98 Å². The van der Waals surface area contributed by atoms with Gasteiger partial charge in [-0.2, -0.15) is 0 Å². The Hall–Kier alpha value is -1.78. The van der Waals surface area contributed by atoms with E-state index < -0.39 is 0 Å². The summed E-state index contributed by atoms with van der Waals surface area (Å²) in [6.07, 6.45) is 0. The van der Waals surface area contributed by atoms with Crippen molar-refractivity contribution in [3.63, 3.8) is 0 Å². The van der Waals surface area contributed by atoms with Crippen molar-refractivity contribution < 1.29 is 0 Å². The average Bonchev–Trinajstić information content (AvgIpc) is 2.38. The number of hydrogen-bond acceptors (Lipinski definition) is 4. The molecule has 1 aromatic heterocycles. The molecule has 0 aliphatic carbocycles. The molecule has 17 heavy (non-hydrogen) atoms. The van der Waals surface area contributed by atoms with E-state index in [0.29, 0.717) is 12.4 Å². The molecule has 1 aromatic carbocycles. The van der Waals surface area contributed by atoms with Gasteiger partial charge in [-0.05, 0) is 23.8 Å². The first-order valence-corrected chi connectivity index (χ1v) is 5.58. The molecule has 0 radical (unpaired) electrons. The molecular weight excluding hydrogens is 236 g/mol. The minimum absolute atomic E-state index is 0.620. The van der Waals surface area contributed by atoms with Gasteiger partial charge in [0.2, 0.25) is 0 Å². The Labute approximate surface area is 105 Å². The molecule has 0 bridgehead atoms. The zero-order chi connectivity index (χ0) is 12.1. The Balaban J connectivity index is 2.05. The van der Waals surface area contributed by atoms with E-state index >= 15 is 0 Å². The maximum Gasteiger partial charge on any atom is 0.142 e. The largest absolute Gasteiger partial charge is 0.366 e. The lowest BCUT2D eigenvalue weighted by molar-refractivity contribution is 1.10. The van der Waals surface area contributed by atoms with E-state index in [0.717, 1.165) is 16.4 Å². The third kappa shape index (κ3) is 3.09. The summed E-state index contributed by atoms with van der Waals surface area (Å²) in [5, 5.41) is 3.93. The fourth-order valence-electron chi connectivity index (χ4n) is 1.44.